The van der Waals surface area contributed by atoms with E-state index in [2.05, 4.69) is 4.98 Å². The zero-order valence-corrected chi connectivity index (χ0v) is 19.6. The summed E-state index contributed by atoms with van der Waals surface area (Å²) in [7, 11) is 0. The van der Waals surface area contributed by atoms with E-state index < -0.39 is 17.7 Å². The van der Waals surface area contributed by atoms with Gasteiger partial charge in [-0.3, -0.25) is 14.5 Å². The van der Waals surface area contributed by atoms with Crippen LogP contribution in [0.3, 0.4) is 0 Å². The third-order valence-corrected chi connectivity index (χ3v) is 6.81. The van der Waals surface area contributed by atoms with Gasteiger partial charge in [-0.25, -0.2) is 4.98 Å². The maximum absolute atomic E-state index is 13.3. The van der Waals surface area contributed by atoms with Crippen LogP contribution in [-0.4, -0.2) is 28.4 Å². The van der Waals surface area contributed by atoms with Gasteiger partial charge in [0.25, 0.3) is 5.78 Å². The number of hydrogen-bond donors (Lipinski definition) is 1. The lowest BCUT2D eigenvalue weighted by Gasteiger charge is -2.22. The van der Waals surface area contributed by atoms with Crippen molar-refractivity contribution in [2.75, 3.05) is 11.5 Å². The molecular formula is C26H19ClN2O4S. The van der Waals surface area contributed by atoms with Gasteiger partial charge in [0, 0.05) is 10.6 Å². The van der Waals surface area contributed by atoms with Crippen molar-refractivity contribution < 1.29 is 19.4 Å². The van der Waals surface area contributed by atoms with Crippen molar-refractivity contribution in [2.24, 2.45) is 0 Å². The molecule has 0 unspecified atom stereocenters. The fourth-order valence-corrected chi connectivity index (χ4v) is 5.14. The van der Waals surface area contributed by atoms with Gasteiger partial charge < -0.3 is 9.84 Å². The molecule has 0 spiro atoms. The summed E-state index contributed by atoms with van der Waals surface area (Å²) in [5.74, 6) is -1.07. The van der Waals surface area contributed by atoms with E-state index in [1.165, 1.54) is 16.2 Å². The Bertz CT molecular complexity index is 1430. The van der Waals surface area contributed by atoms with Crippen LogP contribution in [0.1, 0.15) is 24.1 Å². The standard InChI is InChI=1S/C26H19ClN2O4S/c1-2-33-18-12-13-19-20(14-18)34-26(28-19)29-22(15-6-4-3-5-7-15)21(24(31)25(29)32)23(30)16-8-10-17(27)11-9-16/h3-14,22,30H,2H2,1H3/b23-21+/t22-/m1/s1. The normalized spacial score (nSPS) is 17.5. The van der Waals surface area contributed by atoms with Gasteiger partial charge in [0.2, 0.25) is 0 Å². The Morgan fingerprint density at radius 2 is 1.82 bits per heavy atom. The van der Waals surface area contributed by atoms with E-state index >= 15 is 0 Å². The summed E-state index contributed by atoms with van der Waals surface area (Å²) < 4.78 is 6.40. The number of hydrogen-bond acceptors (Lipinski definition) is 6. The molecule has 6 nitrogen and oxygen atoms in total. The maximum atomic E-state index is 13.3. The second-order valence-corrected chi connectivity index (χ2v) is 9.09. The van der Waals surface area contributed by atoms with Crippen molar-refractivity contribution in [1.82, 2.24) is 4.98 Å². The number of benzene rings is 3. The van der Waals surface area contributed by atoms with Crippen LogP contribution in [-0.2, 0) is 9.59 Å². The molecule has 34 heavy (non-hydrogen) atoms. The van der Waals surface area contributed by atoms with Crippen molar-refractivity contribution in [3.05, 3.63) is 94.5 Å². The molecule has 1 atom stereocenters. The summed E-state index contributed by atoms with van der Waals surface area (Å²) in [5, 5.41) is 12.0. The number of ether oxygens (including phenoxy) is 1. The van der Waals surface area contributed by atoms with E-state index in [-0.39, 0.29) is 11.3 Å². The highest BCUT2D eigenvalue weighted by molar-refractivity contribution is 7.22. The molecule has 3 aromatic carbocycles. The van der Waals surface area contributed by atoms with Crippen molar-refractivity contribution in [2.45, 2.75) is 13.0 Å². The molecule has 0 aliphatic carbocycles. The molecule has 1 N–H and O–H groups in total. The highest BCUT2D eigenvalue weighted by atomic mass is 35.5. The summed E-state index contributed by atoms with van der Waals surface area (Å²) >= 11 is 7.27. The van der Waals surface area contributed by atoms with E-state index in [0.29, 0.717) is 39.2 Å². The Labute approximate surface area is 204 Å². The van der Waals surface area contributed by atoms with E-state index in [1.54, 1.807) is 24.3 Å². The number of aliphatic hydroxyl groups excluding tert-OH is 1. The zero-order valence-electron chi connectivity index (χ0n) is 18.1. The van der Waals surface area contributed by atoms with Gasteiger partial charge in [-0.2, -0.15) is 0 Å². The van der Waals surface area contributed by atoms with E-state index in [1.807, 2.05) is 55.5 Å². The number of carbonyl (C=O) groups is 2. The quantitative estimate of drug-likeness (QED) is 0.211. The number of thiazole rings is 1. The van der Waals surface area contributed by atoms with Crippen LogP contribution < -0.4 is 9.64 Å². The fraction of sp³-hybridized carbons (Fsp3) is 0.115. The average molecular weight is 491 g/mol. The number of aromatic nitrogens is 1. The number of fused-ring (bicyclic) bond motifs is 1. The molecule has 1 aromatic heterocycles. The average Bonchev–Trinajstić information content (AvgIpc) is 3.38. The van der Waals surface area contributed by atoms with Crippen molar-refractivity contribution >= 4 is 55.7 Å². The zero-order chi connectivity index (χ0) is 23.8. The summed E-state index contributed by atoms with van der Waals surface area (Å²) in [4.78, 5) is 32.5. The number of amides is 1. The van der Waals surface area contributed by atoms with Crippen LogP contribution >= 0.6 is 22.9 Å². The van der Waals surface area contributed by atoms with E-state index in [4.69, 9.17) is 16.3 Å². The van der Waals surface area contributed by atoms with Gasteiger partial charge in [-0.05, 0) is 55.0 Å². The number of nitrogens with zero attached hydrogens (tertiary/aromatic N) is 2. The predicted molar refractivity (Wildman–Crippen MR) is 133 cm³/mol. The van der Waals surface area contributed by atoms with Crippen LogP contribution in [0.4, 0.5) is 5.13 Å². The minimum atomic E-state index is -0.830. The largest absolute Gasteiger partial charge is 0.507 e. The van der Waals surface area contributed by atoms with Crippen LogP contribution in [0.2, 0.25) is 5.02 Å². The van der Waals surface area contributed by atoms with Crippen LogP contribution in [0.15, 0.2) is 78.4 Å². The summed E-state index contributed by atoms with van der Waals surface area (Å²) in [5.41, 5.74) is 1.78. The molecule has 0 saturated carbocycles. The number of carbonyl (C=O) groups excluding carboxylic acids is 2. The van der Waals surface area contributed by atoms with Crippen LogP contribution in [0.5, 0.6) is 5.75 Å². The first-order chi connectivity index (χ1) is 16.5. The van der Waals surface area contributed by atoms with E-state index in [9.17, 15) is 14.7 Å². The lowest BCUT2D eigenvalue weighted by Crippen LogP contribution is -2.29. The smallest absolute Gasteiger partial charge is 0.301 e. The van der Waals surface area contributed by atoms with Gasteiger partial charge in [0.1, 0.15) is 11.5 Å². The van der Waals surface area contributed by atoms with Crippen LogP contribution in [0.25, 0.3) is 16.0 Å². The first-order valence-corrected chi connectivity index (χ1v) is 11.8. The SMILES string of the molecule is CCOc1ccc2nc(N3C(=O)C(=O)/C(=C(/O)c4ccc(Cl)cc4)[C@H]3c3ccccc3)sc2c1. The first-order valence-electron chi connectivity index (χ1n) is 10.6. The second kappa shape index (κ2) is 8.93. The Morgan fingerprint density at radius 3 is 2.53 bits per heavy atom. The monoisotopic (exact) mass is 490 g/mol. The molecule has 2 heterocycles. The molecule has 170 valence electrons. The third kappa shape index (κ3) is 3.83. The number of ketones is 1. The number of aliphatic hydroxyl groups is 1. The molecule has 0 radical (unpaired) electrons. The lowest BCUT2D eigenvalue weighted by atomic mass is 9.95. The molecule has 1 aliphatic heterocycles. The molecule has 0 bridgehead atoms. The van der Waals surface area contributed by atoms with Gasteiger partial charge in [-0.1, -0.05) is 53.3 Å². The Kier molecular flexibility index (Phi) is 5.81. The third-order valence-electron chi connectivity index (χ3n) is 5.54. The molecule has 1 saturated heterocycles. The Balaban J connectivity index is 1.68. The van der Waals surface area contributed by atoms with Gasteiger partial charge in [0.15, 0.2) is 5.13 Å². The minimum absolute atomic E-state index is 0.00721. The van der Waals surface area contributed by atoms with Gasteiger partial charge in [0.05, 0.1) is 28.4 Å². The Morgan fingerprint density at radius 1 is 1.09 bits per heavy atom. The number of halogens is 1. The van der Waals surface area contributed by atoms with Crippen molar-refractivity contribution in [1.29, 1.82) is 0 Å². The molecule has 5 rings (SSSR count). The lowest BCUT2D eigenvalue weighted by molar-refractivity contribution is -0.132. The first kappa shape index (κ1) is 22.1. The molecule has 1 amide bonds. The highest BCUT2D eigenvalue weighted by Gasteiger charge is 2.48. The van der Waals surface area contributed by atoms with Crippen molar-refractivity contribution in [3.63, 3.8) is 0 Å². The summed E-state index contributed by atoms with van der Waals surface area (Å²) in [6.45, 7) is 2.44. The van der Waals surface area contributed by atoms with E-state index in [0.717, 1.165) is 4.70 Å². The summed E-state index contributed by atoms with van der Waals surface area (Å²) in [6.07, 6.45) is 0. The number of Topliss-reactive ketones (excluding diaryl/α,β-unsaturated/α-hetero) is 1. The topological polar surface area (TPSA) is 79.7 Å². The number of anilines is 1. The van der Waals surface area contributed by atoms with Gasteiger partial charge in [-0.15, -0.1) is 0 Å². The van der Waals surface area contributed by atoms with Crippen LogP contribution in [0, 0.1) is 0 Å². The minimum Gasteiger partial charge on any atom is -0.507 e. The maximum Gasteiger partial charge on any atom is 0.301 e. The Hall–Kier alpha value is -3.68. The predicted octanol–water partition coefficient (Wildman–Crippen LogP) is 5.97. The fourth-order valence-electron chi connectivity index (χ4n) is 4.00. The van der Waals surface area contributed by atoms with Gasteiger partial charge >= 0.3 is 5.91 Å². The molecule has 1 aliphatic rings. The molecule has 4 aromatic rings. The van der Waals surface area contributed by atoms with Crippen molar-refractivity contribution in [3.8, 4) is 5.75 Å². The highest BCUT2D eigenvalue weighted by Crippen LogP contribution is 2.44. The molecule has 8 heteroatoms. The molecule has 1 fully saturated rings. The number of rotatable bonds is 5. The second-order valence-electron chi connectivity index (χ2n) is 7.65. The molecular weight excluding hydrogens is 472 g/mol. The summed E-state index contributed by atoms with van der Waals surface area (Å²) in [6, 6.07) is 20.3.